The van der Waals surface area contributed by atoms with Gasteiger partial charge in [0.15, 0.2) is 0 Å². The summed E-state index contributed by atoms with van der Waals surface area (Å²) in [5.41, 5.74) is 0.942. The highest BCUT2D eigenvalue weighted by Crippen LogP contribution is 2.40. The molecule has 1 atom stereocenters. The fourth-order valence-electron chi connectivity index (χ4n) is 1.97. The summed E-state index contributed by atoms with van der Waals surface area (Å²) in [6, 6.07) is 15.3. The van der Waals surface area contributed by atoms with Crippen molar-refractivity contribution in [1.82, 2.24) is 0 Å². The summed E-state index contributed by atoms with van der Waals surface area (Å²) in [4.78, 5) is 0. The van der Waals surface area contributed by atoms with Crippen molar-refractivity contribution in [3.8, 4) is 11.8 Å². The second-order valence-electron chi connectivity index (χ2n) is 4.39. The zero-order valence-corrected chi connectivity index (χ0v) is 13.4. The Labute approximate surface area is 129 Å². The fourth-order valence-corrected chi connectivity index (χ4v) is 3.04. The van der Waals surface area contributed by atoms with Gasteiger partial charge in [-0.25, -0.2) is 0 Å². The molecule has 19 heavy (non-hydrogen) atoms. The van der Waals surface area contributed by atoms with Crippen molar-refractivity contribution in [2.24, 2.45) is 0 Å². The van der Waals surface area contributed by atoms with E-state index in [1.165, 1.54) is 0 Å². The molecule has 96 valence electrons. The Hall–Kier alpha value is -1.31. The first-order chi connectivity index (χ1) is 8.99. The quantitative estimate of drug-likeness (QED) is 0.817. The van der Waals surface area contributed by atoms with Crippen molar-refractivity contribution in [1.29, 1.82) is 5.26 Å². The molecule has 0 heterocycles. The van der Waals surface area contributed by atoms with Gasteiger partial charge in [-0.1, -0.05) is 46.3 Å². The number of phenols is 1. The van der Waals surface area contributed by atoms with Crippen LogP contribution in [0.3, 0.4) is 0 Å². The predicted octanol–water partition coefficient (Wildman–Crippen LogP) is 4.75. The lowest BCUT2D eigenvalue weighted by atomic mass is 9.77. The SMILES string of the molecule is CC(C#N)(c1ccccc1)c1cc(Br)c(O)cc1Br. The first-order valence-electron chi connectivity index (χ1n) is 5.64. The molecule has 0 spiro atoms. The van der Waals surface area contributed by atoms with E-state index in [2.05, 4.69) is 37.9 Å². The number of benzene rings is 2. The van der Waals surface area contributed by atoms with Crippen LogP contribution in [-0.2, 0) is 5.41 Å². The average molecular weight is 381 g/mol. The number of rotatable bonds is 2. The maximum absolute atomic E-state index is 9.67. The van der Waals surface area contributed by atoms with Crippen molar-refractivity contribution in [3.63, 3.8) is 0 Å². The van der Waals surface area contributed by atoms with E-state index >= 15 is 0 Å². The van der Waals surface area contributed by atoms with Gasteiger partial charge in [-0.15, -0.1) is 0 Å². The maximum atomic E-state index is 9.67. The Kier molecular flexibility index (Phi) is 3.98. The molecule has 2 aromatic carbocycles. The molecule has 0 fully saturated rings. The molecule has 2 nitrogen and oxygen atoms in total. The van der Waals surface area contributed by atoms with Gasteiger partial charge in [0.25, 0.3) is 0 Å². The normalized spacial score (nSPS) is 13.6. The zero-order chi connectivity index (χ0) is 14.0. The van der Waals surface area contributed by atoms with Crippen molar-refractivity contribution in [2.75, 3.05) is 0 Å². The molecule has 0 aliphatic heterocycles. The Bertz CT molecular complexity index is 649. The Balaban J connectivity index is 2.67. The lowest BCUT2D eigenvalue weighted by Crippen LogP contribution is -2.21. The third-order valence-corrected chi connectivity index (χ3v) is 4.44. The highest BCUT2D eigenvalue weighted by atomic mass is 79.9. The maximum Gasteiger partial charge on any atom is 0.130 e. The minimum absolute atomic E-state index is 0.143. The van der Waals surface area contributed by atoms with Crippen molar-refractivity contribution >= 4 is 31.9 Å². The summed E-state index contributed by atoms with van der Waals surface area (Å²) >= 11 is 6.72. The van der Waals surface area contributed by atoms with Gasteiger partial charge < -0.3 is 5.11 Å². The smallest absolute Gasteiger partial charge is 0.130 e. The largest absolute Gasteiger partial charge is 0.507 e. The van der Waals surface area contributed by atoms with Gasteiger partial charge in [-0.05, 0) is 46.1 Å². The minimum Gasteiger partial charge on any atom is -0.507 e. The van der Waals surface area contributed by atoms with E-state index in [1.807, 2.05) is 37.3 Å². The van der Waals surface area contributed by atoms with Crippen LogP contribution in [0.4, 0.5) is 0 Å². The van der Waals surface area contributed by atoms with Gasteiger partial charge >= 0.3 is 0 Å². The van der Waals surface area contributed by atoms with Crippen molar-refractivity contribution in [3.05, 3.63) is 62.5 Å². The number of phenolic OH excluding ortho intramolecular Hbond substituents is 1. The second kappa shape index (κ2) is 5.36. The number of halogens is 2. The number of hydrogen-bond acceptors (Lipinski definition) is 2. The molecule has 2 aromatic rings. The van der Waals surface area contributed by atoms with Crippen molar-refractivity contribution < 1.29 is 5.11 Å². The molecule has 0 saturated heterocycles. The van der Waals surface area contributed by atoms with E-state index < -0.39 is 5.41 Å². The Morgan fingerprint density at radius 2 is 1.74 bits per heavy atom. The van der Waals surface area contributed by atoms with E-state index in [-0.39, 0.29) is 5.75 Å². The molecule has 0 aliphatic carbocycles. The molecule has 2 rings (SSSR count). The van der Waals surface area contributed by atoms with Gasteiger partial charge in [0.2, 0.25) is 0 Å². The molecule has 1 unspecified atom stereocenters. The first kappa shape index (κ1) is 14.1. The van der Waals surface area contributed by atoms with Gasteiger partial charge in [0.05, 0.1) is 10.5 Å². The van der Waals surface area contributed by atoms with Crippen LogP contribution in [-0.4, -0.2) is 5.11 Å². The summed E-state index contributed by atoms with van der Waals surface area (Å²) in [6.45, 7) is 1.87. The van der Waals surface area contributed by atoms with E-state index in [4.69, 9.17) is 0 Å². The van der Waals surface area contributed by atoms with Crippen LogP contribution < -0.4 is 0 Å². The van der Waals surface area contributed by atoms with Crippen molar-refractivity contribution in [2.45, 2.75) is 12.3 Å². The zero-order valence-electron chi connectivity index (χ0n) is 10.2. The van der Waals surface area contributed by atoms with Crippen LogP contribution in [0.1, 0.15) is 18.1 Å². The third kappa shape index (κ3) is 2.54. The summed E-state index contributed by atoms with van der Waals surface area (Å²) in [5.74, 6) is 0.143. The van der Waals surface area contributed by atoms with Crippen LogP contribution in [0.2, 0.25) is 0 Å². The molecule has 4 heteroatoms. The van der Waals surface area contributed by atoms with Crippen LogP contribution in [0.15, 0.2) is 51.4 Å². The third-order valence-electron chi connectivity index (χ3n) is 3.15. The van der Waals surface area contributed by atoms with Crippen LogP contribution in [0.5, 0.6) is 5.75 Å². The summed E-state index contributed by atoms with van der Waals surface area (Å²) in [5, 5.41) is 19.3. The lowest BCUT2D eigenvalue weighted by molar-refractivity contribution is 0.471. The highest BCUT2D eigenvalue weighted by molar-refractivity contribution is 9.11. The topological polar surface area (TPSA) is 44.0 Å². The average Bonchev–Trinajstić information content (AvgIpc) is 2.43. The lowest BCUT2D eigenvalue weighted by Gasteiger charge is -2.24. The molecule has 0 saturated carbocycles. The molecule has 0 aliphatic rings. The molecule has 0 radical (unpaired) electrons. The molecule has 0 bridgehead atoms. The molecular formula is C15H11Br2NO. The highest BCUT2D eigenvalue weighted by Gasteiger charge is 2.31. The Morgan fingerprint density at radius 1 is 1.11 bits per heavy atom. The van der Waals surface area contributed by atoms with E-state index in [0.717, 1.165) is 11.1 Å². The predicted molar refractivity (Wildman–Crippen MR) is 82.0 cm³/mol. The minimum atomic E-state index is -0.781. The van der Waals surface area contributed by atoms with Gasteiger partial charge in [0, 0.05) is 4.47 Å². The van der Waals surface area contributed by atoms with Gasteiger partial charge in [-0.2, -0.15) is 5.26 Å². The van der Waals surface area contributed by atoms with Crippen LogP contribution in [0.25, 0.3) is 0 Å². The van der Waals surface area contributed by atoms with E-state index in [1.54, 1.807) is 12.1 Å². The number of aromatic hydroxyl groups is 1. The van der Waals surface area contributed by atoms with E-state index in [9.17, 15) is 10.4 Å². The number of nitrogens with zero attached hydrogens (tertiary/aromatic N) is 1. The second-order valence-corrected chi connectivity index (χ2v) is 6.09. The summed E-state index contributed by atoms with van der Waals surface area (Å²) < 4.78 is 1.28. The molecule has 1 N–H and O–H groups in total. The van der Waals surface area contributed by atoms with E-state index in [0.29, 0.717) is 8.95 Å². The molecule has 0 aromatic heterocycles. The number of nitriles is 1. The Morgan fingerprint density at radius 3 is 2.32 bits per heavy atom. The summed E-state index contributed by atoms with van der Waals surface area (Å²) in [6.07, 6.45) is 0. The van der Waals surface area contributed by atoms with Crippen LogP contribution >= 0.6 is 31.9 Å². The summed E-state index contributed by atoms with van der Waals surface area (Å²) in [7, 11) is 0. The fraction of sp³-hybridized carbons (Fsp3) is 0.133. The van der Waals surface area contributed by atoms with Gasteiger partial charge in [-0.3, -0.25) is 0 Å². The number of hydrogen-bond donors (Lipinski definition) is 1. The monoisotopic (exact) mass is 379 g/mol. The standard InChI is InChI=1S/C15H11Br2NO/c1-15(9-18,10-5-3-2-4-6-10)11-7-13(17)14(19)8-12(11)16/h2-8,19H,1H3. The first-order valence-corrected chi connectivity index (χ1v) is 7.23. The molecule has 0 amide bonds. The molecular weight excluding hydrogens is 370 g/mol. The van der Waals surface area contributed by atoms with Crippen LogP contribution in [0, 0.1) is 11.3 Å². The van der Waals surface area contributed by atoms with Gasteiger partial charge in [0.1, 0.15) is 11.2 Å².